The highest BCUT2D eigenvalue weighted by atomic mass is 16.3. The van der Waals surface area contributed by atoms with E-state index in [-0.39, 0.29) is 12.5 Å². The number of nitrogens with zero attached hydrogens (tertiary/aromatic N) is 1. The van der Waals surface area contributed by atoms with Crippen molar-refractivity contribution in [2.75, 3.05) is 26.7 Å². The molecule has 1 N–H and O–H groups in total. The lowest BCUT2D eigenvalue weighted by Gasteiger charge is -2.21. The molecule has 2 rings (SSSR count). The summed E-state index contributed by atoms with van der Waals surface area (Å²) < 4.78 is 0. The zero-order chi connectivity index (χ0) is 13.0. The van der Waals surface area contributed by atoms with Gasteiger partial charge in [0.15, 0.2) is 0 Å². The predicted octanol–water partition coefficient (Wildman–Crippen LogP) is 2.98. The maximum absolute atomic E-state index is 9.40. The van der Waals surface area contributed by atoms with E-state index < -0.39 is 0 Å². The van der Waals surface area contributed by atoms with Crippen LogP contribution in [0.25, 0.3) is 0 Å². The minimum absolute atomic E-state index is 0.240. The Bertz CT molecular complexity index is 377. The molecule has 0 aromatic heterocycles. The van der Waals surface area contributed by atoms with Crippen LogP contribution in [0.4, 0.5) is 0 Å². The van der Waals surface area contributed by atoms with Crippen LogP contribution in [0.2, 0.25) is 0 Å². The quantitative estimate of drug-likeness (QED) is 0.887. The van der Waals surface area contributed by atoms with Crippen LogP contribution in [0, 0.1) is 0 Å². The number of likely N-dealkylation sites (tertiary alicyclic amines) is 1. The van der Waals surface area contributed by atoms with Crippen LogP contribution in [-0.4, -0.2) is 36.8 Å². The van der Waals surface area contributed by atoms with E-state index in [4.69, 9.17) is 0 Å². The molecule has 1 heterocycles. The molecule has 1 aromatic rings. The topological polar surface area (TPSA) is 23.5 Å². The van der Waals surface area contributed by atoms with Gasteiger partial charge in [-0.15, -0.1) is 0 Å². The molecule has 1 aliphatic rings. The highest BCUT2D eigenvalue weighted by Gasteiger charge is 2.20. The molecule has 0 bridgehead atoms. The Hall–Kier alpha value is -0.860. The van der Waals surface area contributed by atoms with Crippen LogP contribution in [0.15, 0.2) is 24.3 Å². The van der Waals surface area contributed by atoms with Crippen molar-refractivity contribution in [1.29, 1.82) is 0 Å². The fourth-order valence-corrected chi connectivity index (χ4v) is 2.98. The highest BCUT2D eigenvalue weighted by Crippen LogP contribution is 2.33. The van der Waals surface area contributed by atoms with E-state index in [1.807, 2.05) is 0 Å². The largest absolute Gasteiger partial charge is 0.396 e. The summed E-state index contributed by atoms with van der Waals surface area (Å²) in [6.45, 7) is 4.76. The molecule has 0 aliphatic carbocycles. The Balaban J connectivity index is 2.21. The molecule has 0 amide bonds. The van der Waals surface area contributed by atoms with Gasteiger partial charge in [0, 0.05) is 12.5 Å². The molecule has 0 radical (unpaired) electrons. The van der Waals surface area contributed by atoms with E-state index in [0.717, 1.165) is 0 Å². The first-order valence-electron chi connectivity index (χ1n) is 7.10. The Morgan fingerprint density at radius 3 is 2.83 bits per heavy atom. The van der Waals surface area contributed by atoms with E-state index in [1.54, 1.807) is 0 Å². The molecular weight excluding hydrogens is 222 g/mol. The lowest BCUT2D eigenvalue weighted by molar-refractivity contribution is 0.272. The second-order valence-corrected chi connectivity index (χ2v) is 5.64. The predicted molar refractivity (Wildman–Crippen MR) is 76.0 cm³/mol. The summed E-state index contributed by atoms with van der Waals surface area (Å²) in [6, 6.07) is 8.67. The normalized spacial score (nSPS) is 23.6. The zero-order valence-corrected chi connectivity index (χ0v) is 11.6. The van der Waals surface area contributed by atoms with Gasteiger partial charge in [0.25, 0.3) is 0 Å². The Kier molecular flexibility index (Phi) is 4.79. The van der Waals surface area contributed by atoms with Crippen LogP contribution < -0.4 is 0 Å². The first kappa shape index (κ1) is 13.6. The first-order valence-corrected chi connectivity index (χ1v) is 7.10. The molecule has 18 heavy (non-hydrogen) atoms. The molecule has 0 saturated carbocycles. The lowest BCUT2D eigenvalue weighted by Crippen LogP contribution is -2.18. The number of aliphatic hydroxyl groups is 1. The highest BCUT2D eigenvalue weighted by molar-refractivity contribution is 5.33. The smallest absolute Gasteiger partial charge is 0.0497 e. The Morgan fingerprint density at radius 1 is 1.28 bits per heavy atom. The van der Waals surface area contributed by atoms with E-state index in [0.29, 0.717) is 5.92 Å². The standard InChI is InChI=1S/C16H25NO/c1-13(12-18)15-7-3-4-8-16(15)14-6-5-10-17(2)11-9-14/h3-4,7-8,13-14,18H,5-6,9-12H2,1-2H3. The fourth-order valence-electron chi connectivity index (χ4n) is 2.98. The van der Waals surface area contributed by atoms with Crippen molar-refractivity contribution >= 4 is 0 Å². The molecule has 2 atom stereocenters. The Morgan fingerprint density at radius 2 is 2.06 bits per heavy atom. The summed E-state index contributed by atoms with van der Waals surface area (Å²) in [7, 11) is 2.21. The molecule has 1 aromatic carbocycles. The minimum Gasteiger partial charge on any atom is -0.396 e. The van der Waals surface area contributed by atoms with Gasteiger partial charge in [0.2, 0.25) is 0 Å². The van der Waals surface area contributed by atoms with Gasteiger partial charge >= 0.3 is 0 Å². The molecule has 0 spiro atoms. The number of rotatable bonds is 3. The molecule has 2 heteroatoms. The fraction of sp³-hybridized carbons (Fsp3) is 0.625. The number of hydrogen-bond acceptors (Lipinski definition) is 2. The first-order chi connectivity index (χ1) is 8.72. The zero-order valence-electron chi connectivity index (χ0n) is 11.6. The summed E-state index contributed by atoms with van der Waals surface area (Å²) in [5.41, 5.74) is 2.81. The molecule has 100 valence electrons. The lowest BCUT2D eigenvalue weighted by atomic mass is 9.85. The van der Waals surface area contributed by atoms with Crippen molar-refractivity contribution in [2.45, 2.75) is 38.0 Å². The van der Waals surface area contributed by atoms with Crippen molar-refractivity contribution in [2.24, 2.45) is 0 Å². The molecule has 2 unspecified atom stereocenters. The van der Waals surface area contributed by atoms with Crippen LogP contribution in [0.1, 0.15) is 49.1 Å². The summed E-state index contributed by atoms with van der Waals surface area (Å²) >= 11 is 0. The van der Waals surface area contributed by atoms with Crippen LogP contribution in [0.5, 0.6) is 0 Å². The van der Waals surface area contributed by atoms with Gasteiger partial charge in [0.1, 0.15) is 0 Å². The van der Waals surface area contributed by atoms with Gasteiger partial charge in [0.05, 0.1) is 0 Å². The third-order valence-corrected chi connectivity index (χ3v) is 4.19. The summed E-state index contributed by atoms with van der Waals surface area (Å²) in [6.07, 6.45) is 3.80. The average molecular weight is 247 g/mol. The molecule has 1 saturated heterocycles. The van der Waals surface area contributed by atoms with Gasteiger partial charge in [-0.3, -0.25) is 0 Å². The summed E-state index contributed by atoms with van der Waals surface area (Å²) in [5, 5.41) is 9.40. The van der Waals surface area contributed by atoms with Crippen LogP contribution >= 0.6 is 0 Å². The SMILES string of the molecule is CC(CO)c1ccccc1C1CCCN(C)CC1. The van der Waals surface area contributed by atoms with Crippen LogP contribution in [0.3, 0.4) is 0 Å². The van der Waals surface area contributed by atoms with Crippen LogP contribution in [-0.2, 0) is 0 Å². The number of aliphatic hydroxyl groups excluding tert-OH is 1. The van der Waals surface area contributed by atoms with Gasteiger partial charge in [-0.25, -0.2) is 0 Å². The second kappa shape index (κ2) is 6.35. The number of hydrogen-bond donors (Lipinski definition) is 1. The van der Waals surface area contributed by atoms with Crippen molar-refractivity contribution in [1.82, 2.24) is 4.90 Å². The molecule has 2 nitrogen and oxygen atoms in total. The third-order valence-electron chi connectivity index (χ3n) is 4.19. The maximum Gasteiger partial charge on any atom is 0.0497 e. The van der Waals surface area contributed by atoms with Gasteiger partial charge in [-0.05, 0) is 56.4 Å². The van der Waals surface area contributed by atoms with Crippen molar-refractivity contribution in [3.63, 3.8) is 0 Å². The van der Waals surface area contributed by atoms with E-state index in [1.165, 1.54) is 43.5 Å². The van der Waals surface area contributed by atoms with Crippen molar-refractivity contribution in [3.8, 4) is 0 Å². The van der Waals surface area contributed by atoms with Gasteiger partial charge in [-0.2, -0.15) is 0 Å². The van der Waals surface area contributed by atoms with Crippen molar-refractivity contribution in [3.05, 3.63) is 35.4 Å². The van der Waals surface area contributed by atoms with Gasteiger partial charge in [-0.1, -0.05) is 31.2 Å². The molecular formula is C16H25NO. The molecule has 1 aliphatic heterocycles. The van der Waals surface area contributed by atoms with Crippen molar-refractivity contribution < 1.29 is 5.11 Å². The molecule has 1 fully saturated rings. The van der Waals surface area contributed by atoms with Gasteiger partial charge < -0.3 is 10.0 Å². The monoisotopic (exact) mass is 247 g/mol. The van der Waals surface area contributed by atoms with E-state index in [9.17, 15) is 5.11 Å². The maximum atomic E-state index is 9.40. The van der Waals surface area contributed by atoms with E-state index in [2.05, 4.69) is 43.1 Å². The van der Waals surface area contributed by atoms with E-state index >= 15 is 0 Å². The minimum atomic E-state index is 0.240. The number of benzene rings is 1. The third kappa shape index (κ3) is 3.12. The Labute approximate surface area is 111 Å². The second-order valence-electron chi connectivity index (χ2n) is 5.64. The summed E-state index contributed by atoms with van der Waals surface area (Å²) in [4.78, 5) is 2.43. The summed E-state index contributed by atoms with van der Waals surface area (Å²) in [5.74, 6) is 0.919. The average Bonchev–Trinajstić information content (AvgIpc) is 2.62.